The molecule has 0 aromatic heterocycles. The zero-order chi connectivity index (χ0) is 30.2. The van der Waals surface area contributed by atoms with Crippen molar-refractivity contribution in [3.8, 4) is 11.5 Å². The first-order chi connectivity index (χ1) is 20.4. The molecule has 8 heteroatoms. The van der Waals surface area contributed by atoms with E-state index in [2.05, 4.69) is 0 Å². The summed E-state index contributed by atoms with van der Waals surface area (Å²) < 4.78 is 19.1. The summed E-state index contributed by atoms with van der Waals surface area (Å²) in [5.74, 6) is -0.278. The molecule has 0 spiro atoms. The maximum Gasteiger partial charge on any atom is 0.196 e. The van der Waals surface area contributed by atoms with Gasteiger partial charge in [0.15, 0.2) is 11.6 Å². The molecule has 2 aliphatic rings. The number of ketones is 2. The molecule has 2 aliphatic heterocycles. The van der Waals surface area contributed by atoms with Gasteiger partial charge in [-0.15, -0.1) is 0 Å². The molecule has 4 aromatic rings. The van der Waals surface area contributed by atoms with Crippen molar-refractivity contribution in [1.82, 2.24) is 0 Å². The average molecular weight is 589 g/mol. The van der Waals surface area contributed by atoms with Gasteiger partial charge in [-0.3, -0.25) is 9.59 Å². The van der Waals surface area contributed by atoms with Crippen molar-refractivity contribution in [2.24, 2.45) is 0 Å². The van der Waals surface area contributed by atoms with Crippen LogP contribution < -0.4 is 0 Å². The predicted molar refractivity (Wildman–Crippen MR) is 166 cm³/mol. The van der Waals surface area contributed by atoms with Crippen LogP contribution in [0.5, 0.6) is 11.5 Å². The van der Waals surface area contributed by atoms with Gasteiger partial charge in [-0.1, -0.05) is 92.4 Å². The Morgan fingerprint density at radius 1 is 0.605 bits per heavy atom. The van der Waals surface area contributed by atoms with Crippen LogP contribution in [0.4, 0.5) is 0 Å². The van der Waals surface area contributed by atoms with Gasteiger partial charge in [0.1, 0.15) is 23.7 Å². The van der Waals surface area contributed by atoms with Crippen LogP contribution in [-0.4, -0.2) is 74.6 Å². The second-order valence-electron chi connectivity index (χ2n) is 9.25. The minimum Gasteiger partial charge on any atom is -0.507 e. The maximum atomic E-state index is 11.9. The first kappa shape index (κ1) is 34.9. The Kier molecular flexibility index (Phi) is 15.4. The van der Waals surface area contributed by atoms with Gasteiger partial charge >= 0.3 is 0 Å². The molecule has 0 amide bonds. The van der Waals surface area contributed by atoms with E-state index in [-0.39, 0.29) is 30.5 Å². The summed E-state index contributed by atoms with van der Waals surface area (Å²) in [6, 6.07) is 30.9. The minimum atomic E-state index is -0.159. The number of phenols is 2. The SMILES string of the molecule is C.COCC1CO1.COCC1CO1.O=C(c1ccccc1)c1ccccc1O.O=C(c1ccccc1)c1ccccc1O. The third-order valence-electron chi connectivity index (χ3n) is 5.88. The fourth-order valence-corrected chi connectivity index (χ4v) is 3.52. The van der Waals surface area contributed by atoms with Crippen LogP contribution in [0.2, 0.25) is 0 Å². The Labute approximate surface area is 253 Å². The van der Waals surface area contributed by atoms with Gasteiger partial charge in [-0.05, 0) is 24.3 Å². The number of hydrogen-bond acceptors (Lipinski definition) is 8. The Bertz CT molecular complexity index is 1260. The average Bonchev–Trinajstić information content (AvgIpc) is 3.97. The van der Waals surface area contributed by atoms with E-state index in [0.717, 1.165) is 26.4 Å². The molecule has 4 aromatic carbocycles. The molecule has 2 atom stereocenters. The standard InChI is InChI=1S/2C13H10O2.2C4H8O2.CH4/c2*14-12-9-5-4-8-11(12)13(15)10-6-2-1-3-7-10;2*1-5-2-4-3-6-4;/h2*1-9,14H;2*4H,2-3H2,1H3;1H4. The van der Waals surface area contributed by atoms with Gasteiger partial charge in [0.2, 0.25) is 0 Å². The minimum absolute atomic E-state index is 0. The molecule has 2 N–H and O–H groups in total. The van der Waals surface area contributed by atoms with Crippen molar-refractivity contribution < 1.29 is 38.7 Å². The number of ether oxygens (including phenoxy) is 4. The van der Waals surface area contributed by atoms with Crippen LogP contribution in [-0.2, 0) is 18.9 Å². The van der Waals surface area contributed by atoms with Gasteiger partial charge < -0.3 is 29.2 Å². The highest BCUT2D eigenvalue weighted by molar-refractivity contribution is 6.11. The monoisotopic (exact) mass is 588 g/mol. The fraction of sp³-hybridized carbons (Fsp3) is 0.257. The van der Waals surface area contributed by atoms with E-state index in [4.69, 9.17) is 18.9 Å². The van der Waals surface area contributed by atoms with Crippen LogP contribution in [0, 0.1) is 0 Å². The predicted octanol–water partition coefficient (Wildman–Crippen LogP) is 5.95. The third kappa shape index (κ3) is 12.6. The van der Waals surface area contributed by atoms with Gasteiger partial charge in [-0.2, -0.15) is 0 Å². The lowest BCUT2D eigenvalue weighted by Gasteiger charge is -2.02. The topological polar surface area (TPSA) is 118 Å². The summed E-state index contributed by atoms with van der Waals surface area (Å²) in [6.07, 6.45) is 0.852. The molecule has 2 fully saturated rings. The summed E-state index contributed by atoms with van der Waals surface area (Å²) in [6.45, 7) is 3.32. The second kappa shape index (κ2) is 19.0. The van der Waals surface area contributed by atoms with Crippen LogP contribution >= 0.6 is 0 Å². The van der Waals surface area contributed by atoms with E-state index >= 15 is 0 Å². The van der Waals surface area contributed by atoms with Gasteiger partial charge in [0, 0.05) is 25.3 Å². The number of epoxide rings is 2. The molecule has 2 unspecified atom stereocenters. The van der Waals surface area contributed by atoms with E-state index in [1.165, 1.54) is 12.1 Å². The highest BCUT2D eigenvalue weighted by atomic mass is 16.6. The Balaban J connectivity index is 0.000000215. The molecule has 0 saturated carbocycles. The molecule has 2 saturated heterocycles. The fourth-order valence-electron chi connectivity index (χ4n) is 3.52. The van der Waals surface area contributed by atoms with Crippen molar-refractivity contribution in [3.05, 3.63) is 131 Å². The van der Waals surface area contributed by atoms with Gasteiger partial charge in [0.25, 0.3) is 0 Å². The van der Waals surface area contributed by atoms with Crippen molar-refractivity contribution in [3.63, 3.8) is 0 Å². The van der Waals surface area contributed by atoms with E-state index < -0.39 is 0 Å². The lowest BCUT2D eigenvalue weighted by atomic mass is 10.0. The number of benzene rings is 4. The molecule has 0 aliphatic carbocycles. The number of hydrogen-bond donors (Lipinski definition) is 2. The van der Waals surface area contributed by atoms with E-state index in [1.54, 1.807) is 99.1 Å². The lowest BCUT2D eigenvalue weighted by Crippen LogP contribution is -2.00. The summed E-state index contributed by atoms with van der Waals surface area (Å²) >= 11 is 0. The summed E-state index contributed by atoms with van der Waals surface area (Å²) in [5, 5.41) is 19.0. The Hall–Kier alpha value is -4.34. The lowest BCUT2D eigenvalue weighted by molar-refractivity contribution is 0.102. The van der Waals surface area contributed by atoms with Crippen LogP contribution in [0.15, 0.2) is 109 Å². The maximum absolute atomic E-state index is 11.9. The summed E-state index contributed by atoms with van der Waals surface area (Å²) in [4.78, 5) is 23.8. The van der Waals surface area contributed by atoms with Crippen molar-refractivity contribution in [2.75, 3.05) is 40.6 Å². The third-order valence-corrected chi connectivity index (χ3v) is 5.88. The molecule has 0 bridgehead atoms. The number of aromatic hydroxyl groups is 2. The normalized spacial score (nSPS) is 15.4. The summed E-state index contributed by atoms with van der Waals surface area (Å²) in [5.41, 5.74) is 1.84. The number of phenolic OH excluding ortho intramolecular Hbond substituents is 2. The van der Waals surface area contributed by atoms with E-state index in [9.17, 15) is 19.8 Å². The molecule has 228 valence electrons. The zero-order valence-electron chi connectivity index (χ0n) is 23.7. The highest BCUT2D eigenvalue weighted by Crippen LogP contribution is 2.20. The largest absolute Gasteiger partial charge is 0.507 e. The number of carbonyl (C=O) groups excluding carboxylic acids is 2. The molecule has 8 nitrogen and oxygen atoms in total. The Morgan fingerprint density at radius 2 is 0.907 bits per heavy atom. The number of methoxy groups -OCH3 is 2. The molecular weight excluding hydrogens is 548 g/mol. The second-order valence-corrected chi connectivity index (χ2v) is 9.25. The van der Waals surface area contributed by atoms with Gasteiger partial charge in [0.05, 0.1) is 37.6 Å². The number of rotatable bonds is 8. The quantitative estimate of drug-likeness (QED) is 0.192. The molecule has 0 radical (unpaired) electrons. The molecule has 43 heavy (non-hydrogen) atoms. The Morgan fingerprint density at radius 3 is 1.16 bits per heavy atom. The molecule has 6 rings (SSSR count). The van der Waals surface area contributed by atoms with Crippen LogP contribution in [0.3, 0.4) is 0 Å². The number of para-hydroxylation sites is 2. The van der Waals surface area contributed by atoms with Crippen LogP contribution in [0.25, 0.3) is 0 Å². The van der Waals surface area contributed by atoms with Crippen molar-refractivity contribution >= 4 is 11.6 Å². The van der Waals surface area contributed by atoms with Crippen molar-refractivity contribution in [2.45, 2.75) is 19.6 Å². The van der Waals surface area contributed by atoms with E-state index in [0.29, 0.717) is 34.5 Å². The van der Waals surface area contributed by atoms with Gasteiger partial charge in [-0.25, -0.2) is 0 Å². The molecular formula is C35H40O8. The zero-order valence-corrected chi connectivity index (χ0v) is 23.7. The molecule has 2 heterocycles. The van der Waals surface area contributed by atoms with Crippen LogP contribution in [0.1, 0.15) is 39.3 Å². The first-order valence-electron chi connectivity index (χ1n) is 13.4. The van der Waals surface area contributed by atoms with Crippen molar-refractivity contribution in [1.29, 1.82) is 0 Å². The van der Waals surface area contributed by atoms with E-state index in [1.807, 2.05) is 12.1 Å². The summed E-state index contributed by atoms with van der Waals surface area (Å²) in [7, 11) is 3.36. The number of carbonyl (C=O) groups is 2. The smallest absolute Gasteiger partial charge is 0.196 e. The first-order valence-corrected chi connectivity index (χ1v) is 13.4. The highest BCUT2D eigenvalue weighted by Gasteiger charge is 2.21.